The summed E-state index contributed by atoms with van der Waals surface area (Å²) in [7, 11) is 0. The van der Waals surface area contributed by atoms with E-state index in [9.17, 15) is 4.79 Å². The first-order chi connectivity index (χ1) is 17.3. The second kappa shape index (κ2) is 20.5. The lowest BCUT2D eigenvalue weighted by Crippen LogP contribution is -2.17. The number of hydrogen-bond donors (Lipinski definition) is 0. The highest BCUT2D eigenvalue weighted by Crippen LogP contribution is 2.26. The van der Waals surface area contributed by atoms with Crippen molar-refractivity contribution in [1.82, 2.24) is 0 Å². The molecule has 1 aliphatic carbocycles. The molecule has 0 saturated heterocycles. The Bertz CT molecular complexity index is 636. The van der Waals surface area contributed by atoms with Crippen LogP contribution >= 0.6 is 0 Å². The average Bonchev–Trinajstić information content (AvgIpc) is 3.62. The van der Waals surface area contributed by atoms with E-state index < -0.39 is 0 Å². The first-order valence-electron chi connectivity index (χ1n) is 14.8. The average molecular weight is 489 g/mol. The van der Waals surface area contributed by atoms with Gasteiger partial charge in [-0.25, -0.2) is 4.99 Å². The summed E-state index contributed by atoms with van der Waals surface area (Å²) in [6, 6.07) is 0. The molecule has 5 nitrogen and oxygen atoms in total. The van der Waals surface area contributed by atoms with Crippen molar-refractivity contribution in [2.45, 2.75) is 129 Å². The molecule has 5 heteroatoms. The molecule has 200 valence electrons. The summed E-state index contributed by atoms with van der Waals surface area (Å²) in [6.45, 7) is 5.21. The molecule has 0 bridgehead atoms. The summed E-state index contributed by atoms with van der Waals surface area (Å²) in [6.07, 6.45) is 28.7. The van der Waals surface area contributed by atoms with Gasteiger partial charge in [-0.1, -0.05) is 89.7 Å². The molecule has 0 aromatic heterocycles. The van der Waals surface area contributed by atoms with Gasteiger partial charge in [-0.3, -0.25) is 9.79 Å². The van der Waals surface area contributed by atoms with Crippen LogP contribution in [0.15, 0.2) is 22.1 Å². The summed E-state index contributed by atoms with van der Waals surface area (Å²) in [5.74, 6) is 2.19. The third-order valence-electron chi connectivity index (χ3n) is 7.05. The van der Waals surface area contributed by atoms with Crippen LogP contribution in [0.25, 0.3) is 0 Å². The van der Waals surface area contributed by atoms with Gasteiger partial charge in [0.2, 0.25) is 5.78 Å². The third-order valence-corrected chi connectivity index (χ3v) is 7.05. The summed E-state index contributed by atoms with van der Waals surface area (Å²) >= 11 is 0. The van der Waals surface area contributed by atoms with Gasteiger partial charge in [0.05, 0.1) is 13.1 Å². The van der Waals surface area contributed by atoms with Crippen LogP contribution in [0.4, 0.5) is 0 Å². The highest BCUT2D eigenvalue weighted by molar-refractivity contribution is 6.36. The monoisotopic (exact) mass is 488 g/mol. The number of Topliss-reactive ketones (excluding diaryl/α,β-unsaturated/α-hetero) is 1. The van der Waals surface area contributed by atoms with Gasteiger partial charge in [-0.2, -0.15) is 0 Å². The van der Waals surface area contributed by atoms with Crippen LogP contribution in [0.5, 0.6) is 0 Å². The fraction of sp³-hybridized carbons (Fsp3) is 0.833. The van der Waals surface area contributed by atoms with E-state index in [4.69, 9.17) is 9.47 Å². The van der Waals surface area contributed by atoms with Gasteiger partial charge in [0.1, 0.15) is 13.2 Å². The molecule has 1 fully saturated rings. The number of ketones is 1. The number of nitrogens with zero attached hydrogens (tertiary/aromatic N) is 2. The summed E-state index contributed by atoms with van der Waals surface area (Å²) in [5.41, 5.74) is 0. The maximum Gasteiger partial charge on any atom is 0.253 e. The highest BCUT2D eigenvalue weighted by Gasteiger charge is 2.22. The van der Waals surface area contributed by atoms with Crippen molar-refractivity contribution >= 4 is 17.6 Å². The van der Waals surface area contributed by atoms with Gasteiger partial charge in [-0.05, 0) is 44.9 Å². The molecule has 0 amide bonds. The van der Waals surface area contributed by atoms with Crippen LogP contribution < -0.4 is 0 Å². The highest BCUT2D eigenvalue weighted by atomic mass is 16.5. The first-order valence-corrected chi connectivity index (χ1v) is 14.8. The predicted molar refractivity (Wildman–Crippen MR) is 148 cm³/mol. The molecule has 2 heterocycles. The zero-order chi connectivity index (χ0) is 24.8. The third kappa shape index (κ3) is 14.5. The number of carbonyl (C=O) groups excluding carboxylic acids is 1. The number of allylic oxidation sites excluding steroid dienone is 2. The minimum absolute atomic E-state index is 0.0881. The van der Waals surface area contributed by atoms with E-state index in [1.165, 1.54) is 103 Å². The number of carbonyl (C=O) groups is 1. The lowest BCUT2D eigenvalue weighted by molar-refractivity contribution is -0.114. The minimum atomic E-state index is 0.0881. The van der Waals surface area contributed by atoms with E-state index in [0.29, 0.717) is 31.4 Å². The number of ether oxygens (including phenoxy) is 2. The van der Waals surface area contributed by atoms with Crippen molar-refractivity contribution in [3.8, 4) is 0 Å². The Morgan fingerprint density at radius 3 is 1.97 bits per heavy atom. The maximum absolute atomic E-state index is 11.7. The molecular weight excluding hydrogens is 436 g/mol. The Labute approximate surface area is 215 Å². The van der Waals surface area contributed by atoms with Crippen LogP contribution in [0.2, 0.25) is 0 Å². The number of hydrogen-bond acceptors (Lipinski definition) is 5. The van der Waals surface area contributed by atoms with Gasteiger partial charge < -0.3 is 9.47 Å². The maximum atomic E-state index is 11.7. The van der Waals surface area contributed by atoms with Gasteiger partial charge in [0.15, 0.2) is 5.90 Å². The second-order valence-electron chi connectivity index (χ2n) is 10.2. The minimum Gasteiger partial charge on any atom is -0.479 e. The van der Waals surface area contributed by atoms with Crippen molar-refractivity contribution in [1.29, 1.82) is 0 Å². The second-order valence-corrected chi connectivity index (χ2v) is 10.2. The lowest BCUT2D eigenvalue weighted by atomic mass is 9.89. The summed E-state index contributed by atoms with van der Waals surface area (Å²) in [4.78, 5) is 20.1. The molecule has 0 aromatic carbocycles. The lowest BCUT2D eigenvalue weighted by Gasteiger charge is -2.20. The largest absolute Gasteiger partial charge is 0.479 e. The summed E-state index contributed by atoms with van der Waals surface area (Å²) in [5, 5.41) is 0. The molecule has 0 radical (unpaired) electrons. The number of rotatable bonds is 17. The zero-order valence-corrected chi connectivity index (χ0v) is 22.6. The quantitative estimate of drug-likeness (QED) is 0.154. The Balaban J connectivity index is 0.000000322. The van der Waals surface area contributed by atoms with Crippen LogP contribution in [-0.2, 0) is 14.3 Å². The smallest absolute Gasteiger partial charge is 0.253 e. The normalized spacial score (nSPS) is 18.0. The molecule has 0 spiro atoms. The Kier molecular flexibility index (Phi) is 17.4. The van der Waals surface area contributed by atoms with Crippen LogP contribution in [0.1, 0.15) is 129 Å². The zero-order valence-electron chi connectivity index (χ0n) is 22.6. The molecule has 0 atom stereocenters. The van der Waals surface area contributed by atoms with Crippen LogP contribution in [0.3, 0.4) is 0 Å². The van der Waals surface area contributed by atoms with Crippen LogP contribution in [0, 0.1) is 5.92 Å². The molecule has 2 aliphatic heterocycles. The van der Waals surface area contributed by atoms with Crippen molar-refractivity contribution in [3.63, 3.8) is 0 Å². The molecule has 1 saturated carbocycles. The molecule has 0 aromatic rings. The van der Waals surface area contributed by atoms with E-state index >= 15 is 0 Å². The van der Waals surface area contributed by atoms with Gasteiger partial charge in [0.25, 0.3) is 5.90 Å². The first kappa shape index (κ1) is 29.6. The van der Waals surface area contributed by atoms with E-state index in [1.807, 2.05) is 0 Å². The van der Waals surface area contributed by atoms with Crippen molar-refractivity contribution < 1.29 is 14.3 Å². The van der Waals surface area contributed by atoms with E-state index in [0.717, 1.165) is 31.9 Å². The SMILES string of the molecule is C1CCC(C2=NCCO2)CC1.CCCCCCCCC=CCCCCCCCC(=O)C1=NCCO1. The van der Waals surface area contributed by atoms with Gasteiger partial charge in [-0.15, -0.1) is 0 Å². The molecule has 3 rings (SSSR count). The fourth-order valence-corrected chi connectivity index (χ4v) is 4.92. The van der Waals surface area contributed by atoms with Gasteiger partial charge in [0, 0.05) is 12.3 Å². The Morgan fingerprint density at radius 1 is 0.771 bits per heavy atom. The molecule has 3 aliphatic rings. The van der Waals surface area contributed by atoms with Crippen molar-refractivity contribution in [3.05, 3.63) is 12.2 Å². The topological polar surface area (TPSA) is 60.2 Å². The Morgan fingerprint density at radius 2 is 1.37 bits per heavy atom. The molecule has 35 heavy (non-hydrogen) atoms. The van der Waals surface area contributed by atoms with Crippen LogP contribution in [-0.4, -0.2) is 43.9 Å². The summed E-state index contributed by atoms with van der Waals surface area (Å²) < 4.78 is 10.6. The fourth-order valence-electron chi connectivity index (χ4n) is 4.92. The van der Waals surface area contributed by atoms with E-state index in [2.05, 4.69) is 29.1 Å². The number of aliphatic imine (C=N–C) groups is 2. The number of unbranched alkanes of at least 4 members (excludes halogenated alkanes) is 11. The van der Waals surface area contributed by atoms with E-state index in [1.54, 1.807) is 0 Å². The van der Waals surface area contributed by atoms with E-state index in [-0.39, 0.29) is 5.78 Å². The van der Waals surface area contributed by atoms with Gasteiger partial charge >= 0.3 is 0 Å². The van der Waals surface area contributed by atoms with Crippen molar-refractivity contribution in [2.75, 3.05) is 26.3 Å². The van der Waals surface area contributed by atoms with Crippen molar-refractivity contribution in [2.24, 2.45) is 15.9 Å². The predicted octanol–water partition coefficient (Wildman–Crippen LogP) is 8.02. The molecule has 0 unspecified atom stereocenters. The molecule has 0 N–H and O–H groups in total. The molecular formula is C30H52N2O3. The standard InChI is InChI=1S/C21H37NO2.C9H15NO/c1-2-3-4-5-6-7-8-9-10-11-12-13-14-15-16-17-20(23)21-22-18-19-24-21;1-2-4-8(5-3-1)9-10-6-7-11-9/h9-10H,2-8,11-19H2,1H3;8H,1-7H2. The Hall–Kier alpha value is -1.65.